The van der Waals surface area contributed by atoms with Gasteiger partial charge in [-0.05, 0) is 71.8 Å². The van der Waals surface area contributed by atoms with Crippen LogP contribution in [0, 0.1) is 14.9 Å². The number of hydrogen-bond donors (Lipinski definition) is 0. The lowest BCUT2D eigenvalue weighted by molar-refractivity contribution is -0.139. The molecule has 0 saturated heterocycles. The van der Waals surface area contributed by atoms with Gasteiger partial charge in [0.15, 0.2) is 16.3 Å². The summed E-state index contributed by atoms with van der Waals surface area (Å²) in [6.45, 7) is 3.93. The first-order chi connectivity index (χ1) is 20.4. The second kappa shape index (κ2) is 12.8. The summed E-state index contributed by atoms with van der Waals surface area (Å²) < 4.78 is 19.9. The van der Waals surface area contributed by atoms with E-state index in [2.05, 4.69) is 33.7 Å². The van der Waals surface area contributed by atoms with Gasteiger partial charge in [-0.25, -0.2) is 9.79 Å². The zero-order chi connectivity index (χ0) is 29.8. The highest BCUT2D eigenvalue weighted by Crippen LogP contribution is 2.35. The number of halogens is 1. The number of ether oxygens (including phenoxy) is 3. The summed E-state index contributed by atoms with van der Waals surface area (Å²) in [6.07, 6.45) is 1.79. The molecule has 10 heteroatoms. The Hall–Kier alpha value is -4.21. The molecule has 1 aromatic heterocycles. The molecule has 1 aliphatic rings. The fourth-order valence-corrected chi connectivity index (χ4v) is 6.59. The third kappa shape index (κ3) is 5.75. The van der Waals surface area contributed by atoms with E-state index in [0.29, 0.717) is 37.7 Å². The van der Waals surface area contributed by atoms with E-state index in [9.17, 15) is 14.9 Å². The molecule has 3 aromatic carbocycles. The average molecular weight is 692 g/mol. The number of nitrogens with zero attached hydrogens (tertiary/aromatic N) is 3. The molecule has 0 unspecified atom stereocenters. The summed E-state index contributed by atoms with van der Waals surface area (Å²) in [5.41, 5.74) is 3.46. The number of methoxy groups -OCH3 is 1. The normalized spacial score (nSPS) is 14.5. The Morgan fingerprint density at radius 3 is 2.62 bits per heavy atom. The fourth-order valence-electron chi connectivity index (χ4n) is 4.76. The van der Waals surface area contributed by atoms with Crippen LogP contribution in [0.1, 0.15) is 42.1 Å². The Kier molecular flexibility index (Phi) is 8.89. The third-order valence-corrected chi connectivity index (χ3v) is 8.48. The van der Waals surface area contributed by atoms with Crippen molar-refractivity contribution in [1.82, 2.24) is 4.57 Å². The van der Waals surface area contributed by atoms with E-state index in [-0.39, 0.29) is 18.8 Å². The van der Waals surface area contributed by atoms with Gasteiger partial charge in [0, 0.05) is 5.56 Å². The summed E-state index contributed by atoms with van der Waals surface area (Å²) >= 11 is 3.43. The molecule has 1 atom stereocenters. The first-order valence-corrected chi connectivity index (χ1v) is 15.0. The molecule has 4 aromatic rings. The molecule has 0 N–H and O–H groups in total. The summed E-state index contributed by atoms with van der Waals surface area (Å²) in [5.74, 6) is 0.551. The van der Waals surface area contributed by atoms with Crippen molar-refractivity contribution in [3.05, 3.63) is 124 Å². The molecule has 8 nitrogen and oxygen atoms in total. The number of hydrogen-bond acceptors (Lipinski definition) is 8. The van der Waals surface area contributed by atoms with Gasteiger partial charge in [-0.15, -0.1) is 0 Å². The van der Waals surface area contributed by atoms with Gasteiger partial charge in [0.05, 0.1) is 50.8 Å². The van der Waals surface area contributed by atoms with Crippen LogP contribution < -0.4 is 24.4 Å². The molecule has 42 heavy (non-hydrogen) atoms. The summed E-state index contributed by atoms with van der Waals surface area (Å²) in [7, 11) is 1.55. The molecule has 2 heterocycles. The van der Waals surface area contributed by atoms with Gasteiger partial charge in [-0.3, -0.25) is 9.36 Å². The van der Waals surface area contributed by atoms with Gasteiger partial charge in [-0.1, -0.05) is 59.9 Å². The maximum atomic E-state index is 13.9. The highest BCUT2D eigenvalue weighted by atomic mass is 127. The van der Waals surface area contributed by atoms with E-state index in [1.165, 1.54) is 11.3 Å². The summed E-state index contributed by atoms with van der Waals surface area (Å²) in [4.78, 5) is 32.0. The standard InChI is InChI=1S/C32H26IN3O5S/c1-4-40-31(38)27-19(2)35-32-36(28(27)21-10-6-5-7-11-21)30(37)26(42-32)16-20-14-24(33)29(25(15-20)39-3)41-18-23-13-9-8-12-22(23)17-34/h5-16,28H,4,18H2,1-3H3/b26-16+/t28-/m0/s1. The summed E-state index contributed by atoms with van der Waals surface area (Å²) in [6, 6.07) is 21.9. The number of rotatable bonds is 8. The molecule has 212 valence electrons. The van der Waals surface area contributed by atoms with Crippen LogP contribution >= 0.6 is 33.9 Å². The lowest BCUT2D eigenvalue weighted by atomic mass is 9.96. The maximum Gasteiger partial charge on any atom is 0.338 e. The fraction of sp³-hybridized carbons (Fsp3) is 0.188. The number of carbonyl (C=O) groups is 1. The van der Waals surface area contributed by atoms with Crippen LogP contribution in [0.15, 0.2) is 87.8 Å². The van der Waals surface area contributed by atoms with E-state index in [4.69, 9.17) is 14.2 Å². The number of fused-ring (bicyclic) bond motifs is 1. The van der Waals surface area contributed by atoms with Crippen molar-refractivity contribution in [2.45, 2.75) is 26.5 Å². The lowest BCUT2D eigenvalue weighted by Crippen LogP contribution is -2.39. The molecule has 0 radical (unpaired) electrons. The van der Waals surface area contributed by atoms with Crippen LogP contribution in [0.4, 0.5) is 0 Å². The predicted octanol–water partition coefficient (Wildman–Crippen LogP) is 4.86. The number of esters is 1. The Bertz CT molecular complexity index is 1920. The van der Waals surface area contributed by atoms with Crippen LogP contribution in [0.25, 0.3) is 6.08 Å². The molecule has 1 aliphatic heterocycles. The highest BCUT2D eigenvalue weighted by molar-refractivity contribution is 14.1. The van der Waals surface area contributed by atoms with Crippen molar-refractivity contribution in [3.8, 4) is 17.6 Å². The van der Waals surface area contributed by atoms with Gasteiger partial charge >= 0.3 is 5.97 Å². The van der Waals surface area contributed by atoms with Crippen molar-refractivity contribution in [1.29, 1.82) is 5.26 Å². The SMILES string of the molecule is CCOC(=O)C1=C(C)N=c2s/c(=C/c3cc(I)c(OCc4ccccc4C#N)c(OC)c3)c(=O)n2[C@H]1c1ccccc1. The van der Waals surface area contributed by atoms with Crippen molar-refractivity contribution >= 4 is 46.0 Å². The van der Waals surface area contributed by atoms with E-state index in [1.807, 2.05) is 54.6 Å². The topological polar surface area (TPSA) is 103 Å². The van der Waals surface area contributed by atoms with Crippen molar-refractivity contribution < 1.29 is 19.0 Å². The maximum absolute atomic E-state index is 13.9. The molecule has 0 spiro atoms. The van der Waals surface area contributed by atoms with Crippen LogP contribution in [0.2, 0.25) is 0 Å². The molecule has 0 bridgehead atoms. The third-order valence-electron chi connectivity index (χ3n) is 6.69. The molecule has 5 rings (SSSR count). The largest absolute Gasteiger partial charge is 0.493 e. The number of carbonyl (C=O) groups excluding carboxylic acids is 1. The zero-order valence-corrected chi connectivity index (χ0v) is 26.1. The smallest absolute Gasteiger partial charge is 0.338 e. The molecule has 0 fully saturated rings. The van der Waals surface area contributed by atoms with E-state index in [0.717, 1.165) is 20.3 Å². The van der Waals surface area contributed by atoms with Crippen LogP contribution in [0.5, 0.6) is 11.5 Å². The number of allylic oxidation sites excluding steroid dienone is 1. The van der Waals surface area contributed by atoms with E-state index in [1.54, 1.807) is 43.7 Å². The van der Waals surface area contributed by atoms with Crippen LogP contribution in [-0.2, 0) is 16.1 Å². The van der Waals surface area contributed by atoms with E-state index >= 15 is 0 Å². The van der Waals surface area contributed by atoms with Crippen LogP contribution in [0.3, 0.4) is 0 Å². The molecule has 0 amide bonds. The zero-order valence-electron chi connectivity index (χ0n) is 23.1. The van der Waals surface area contributed by atoms with Gasteiger partial charge in [0.2, 0.25) is 0 Å². The molecular weight excluding hydrogens is 665 g/mol. The number of thiazole rings is 1. The lowest BCUT2D eigenvalue weighted by Gasteiger charge is -2.24. The van der Waals surface area contributed by atoms with Gasteiger partial charge < -0.3 is 14.2 Å². The van der Waals surface area contributed by atoms with Crippen molar-refractivity contribution in [2.75, 3.05) is 13.7 Å². The number of aromatic nitrogens is 1. The van der Waals surface area contributed by atoms with Crippen molar-refractivity contribution in [3.63, 3.8) is 0 Å². The van der Waals surface area contributed by atoms with E-state index < -0.39 is 12.0 Å². The van der Waals surface area contributed by atoms with Crippen LogP contribution in [-0.4, -0.2) is 24.3 Å². The predicted molar refractivity (Wildman–Crippen MR) is 168 cm³/mol. The second-order valence-electron chi connectivity index (χ2n) is 9.30. The Labute approximate surface area is 260 Å². The monoisotopic (exact) mass is 691 g/mol. The van der Waals surface area contributed by atoms with Gasteiger partial charge in [0.1, 0.15) is 6.61 Å². The first kappa shape index (κ1) is 29.3. The van der Waals surface area contributed by atoms with Crippen molar-refractivity contribution in [2.24, 2.45) is 4.99 Å². The minimum atomic E-state index is -0.662. The average Bonchev–Trinajstić information content (AvgIpc) is 3.29. The minimum absolute atomic E-state index is 0.204. The molecule has 0 aliphatic carbocycles. The summed E-state index contributed by atoms with van der Waals surface area (Å²) in [5, 5.41) is 9.40. The number of nitriles is 1. The quantitative estimate of drug-likeness (QED) is 0.193. The van der Waals surface area contributed by atoms with Gasteiger partial charge in [0.25, 0.3) is 5.56 Å². The molecule has 0 saturated carbocycles. The molecular formula is C32H26IN3O5S. The Morgan fingerprint density at radius 2 is 1.90 bits per heavy atom. The number of benzene rings is 3. The first-order valence-electron chi connectivity index (χ1n) is 13.1. The van der Waals surface area contributed by atoms with Gasteiger partial charge in [-0.2, -0.15) is 5.26 Å². The Balaban J connectivity index is 1.56. The second-order valence-corrected chi connectivity index (χ2v) is 11.5. The highest BCUT2D eigenvalue weighted by Gasteiger charge is 2.33. The Morgan fingerprint density at radius 1 is 1.17 bits per heavy atom. The minimum Gasteiger partial charge on any atom is -0.493 e.